The Hall–Kier alpha value is -1.44. The number of carboxylic acids is 1. The third-order valence-electron chi connectivity index (χ3n) is 3.14. The average Bonchev–Trinajstić information content (AvgIpc) is 2.42. The average molecular weight is 322 g/mol. The van der Waals surface area contributed by atoms with Crippen molar-refractivity contribution in [3.05, 3.63) is 28.8 Å². The number of ether oxygens (including phenoxy) is 2. The Morgan fingerprint density at radius 1 is 1.57 bits per heavy atom. The van der Waals surface area contributed by atoms with Crippen LogP contribution in [0.5, 0.6) is 5.75 Å². The summed E-state index contributed by atoms with van der Waals surface area (Å²) in [5, 5.41) is 9.52. The summed E-state index contributed by atoms with van der Waals surface area (Å²) in [5.74, 6) is -1.03. The molecule has 0 amide bonds. The largest absolute Gasteiger partial charge is 0.480 e. The maximum atomic E-state index is 12.4. The fraction of sp³-hybridized carbons (Fsp3) is 0.462. The Bertz CT molecular complexity index is 515. The minimum absolute atomic E-state index is 0.00923. The van der Waals surface area contributed by atoms with E-state index < -0.39 is 18.6 Å². The van der Waals surface area contributed by atoms with Gasteiger partial charge in [0, 0.05) is 23.7 Å². The first-order valence-electron chi connectivity index (χ1n) is 6.25. The molecule has 1 unspecified atom stereocenters. The zero-order chi connectivity index (χ0) is 15.4. The Labute approximate surface area is 125 Å². The molecule has 0 radical (unpaired) electrons. The summed E-state index contributed by atoms with van der Waals surface area (Å²) in [5.41, 5.74) is 0.413. The number of benzene rings is 1. The SMILES string of the molecule is O=C(O)C1COCCN1Cc1cc(Cl)ccc1OC(F)F. The zero-order valence-corrected chi connectivity index (χ0v) is 11.7. The van der Waals surface area contributed by atoms with Gasteiger partial charge in [-0.05, 0) is 18.2 Å². The monoisotopic (exact) mass is 321 g/mol. The zero-order valence-electron chi connectivity index (χ0n) is 11.0. The van der Waals surface area contributed by atoms with Crippen molar-refractivity contribution in [1.29, 1.82) is 0 Å². The highest BCUT2D eigenvalue weighted by molar-refractivity contribution is 6.30. The molecule has 1 aliphatic rings. The van der Waals surface area contributed by atoms with E-state index in [2.05, 4.69) is 4.74 Å². The Balaban J connectivity index is 2.20. The minimum Gasteiger partial charge on any atom is -0.480 e. The number of carboxylic acid groups (broad SMARTS) is 1. The van der Waals surface area contributed by atoms with Gasteiger partial charge in [0.25, 0.3) is 0 Å². The third-order valence-corrected chi connectivity index (χ3v) is 3.37. The van der Waals surface area contributed by atoms with Crippen molar-refractivity contribution in [2.75, 3.05) is 19.8 Å². The van der Waals surface area contributed by atoms with Gasteiger partial charge in [-0.2, -0.15) is 8.78 Å². The van der Waals surface area contributed by atoms with Crippen LogP contribution in [0.15, 0.2) is 18.2 Å². The van der Waals surface area contributed by atoms with Gasteiger partial charge in [0.2, 0.25) is 0 Å². The fourth-order valence-electron chi connectivity index (χ4n) is 2.16. The van der Waals surface area contributed by atoms with Crippen LogP contribution < -0.4 is 4.74 Å². The molecule has 116 valence electrons. The standard InChI is InChI=1S/C13H14ClF2NO4/c14-9-1-2-11(21-13(15)16)8(5-9)6-17-3-4-20-7-10(17)12(18)19/h1-2,5,10,13H,3-4,6-7H2,(H,18,19). The molecule has 2 rings (SSSR count). The normalized spacial score (nSPS) is 19.7. The van der Waals surface area contributed by atoms with E-state index >= 15 is 0 Å². The van der Waals surface area contributed by atoms with Crippen LogP contribution >= 0.6 is 11.6 Å². The molecule has 1 heterocycles. The van der Waals surface area contributed by atoms with Crippen molar-refractivity contribution in [1.82, 2.24) is 4.90 Å². The molecule has 0 aliphatic carbocycles. The number of morpholine rings is 1. The fourth-order valence-corrected chi connectivity index (χ4v) is 2.35. The van der Waals surface area contributed by atoms with Crippen molar-refractivity contribution in [3.63, 3.8) is 0 Å². The first-order valence-corrected chi connectivity index (χ1v) is 6.63. The van der Waals surface area contributed by atoms with Crippen LogP contribution in [-0.4, -0.2) is 48.4 Å². The summed E-state index contributed by atoms with van der Waals surface area (Å²) in [4.78, 5) is 12.8. The van der Waals surface area contributed by atoms with Crippen molar-refractivity contribution in [2.45, 2.75) is 19.2 Å². The summed E-state index contributed by atoms with van der Waals surface area (Å²) in [6, 6.07) is 3.46. The number of aliphatic carboxylic acids is 1. The van der Waals surface area contributed by atoms with Crippen LogP contribution in [0.4, 0.5) is 8.78 Å². The first kappa shape index (κ1) is 15.9. The molecule has 0 spiro atoms. The highest BCUT2D eigenvalue weighted by atomic mass is 35.5. The van der Waals surface area contributed by atoms with E-state index in [0.29, 0.717) is 23.7 Å². The Morgan fingerprint density at radius 3 is 3.00 bits per heavy atom. The van der Waals surface area contributed by atoms with Gasteiger partial charge >= 0.3 is 12.6 Å². The second kappa shape index (κ2) is 7.02. The van der Waals surface area contributed by atoms with Crippen molar-refractivity contribution in [2.24, 2.45) is 0 Å². The van der Waals surface area contributed by atoms with Crippen molar-refractivity contribution < 1.29 is 28.2 Å². The summed E-state index contributed by atoms with van der Waals surface area (Å²) in [6.07, 6.45) is 0. The van der Waals surface area contributed by atoms with Gasteiger partial charge in [-0.1, -0.05) is 11.6 Å². The molecule has 1 atom stereocenters. The molecule has 0 aromatic heterocycles. The van der Waals surface area contributed by atoms with Gasteiger partial charge in [-0.15, -0.1) is 0 Å². The maximum absolute atomic E-state index is 12.4. The highest BCUT2D eigenvalue weighted by Gasteiger charge is 2.29. The lowest BCUT2D eigenvalue weighted by atomic mass is 10.1. The molecule has 1 N–H and O–H groups in total. The molecule has 1 aliphatic heterocycles. The van der Waals surface area contributed by atoms with E-state index in [-0.39, 0.29) is 18.9 Å². The van der Waals surface area contributed by atoms with E-state index in [9.17, 15) is 13.6 Å². The molecule has 21 heavy (non-hydrogen) atoms. The molecular formula is C13H14ClF2NO4. The number of carbonyl (C=O) groups is 1. The predicted molar refractivity (Wildman–Crippen MR) is 70.7 cm³/mol. The lowest BCUT2D eigenvalue weighted by molar-refractivity contribution is -0.150. The van der Waals surface area contributed by atoms with E-state index in [1.54, 1.807) is 4.90 Å². The van der Waals surface area contributed by atoms with Crippen LogP contribution in [0.25, 0.3) is 0 Å². The number of hydrogen-bond acceptors (Lipinski definition) is 4. The molecule has 1 fully saturated rings. The van der Waals surface area contributed by atoms with E-state index in [1.807, 2.05) is 0 Å². The van der Waals surface area contributed by atoms with E-state index in [0.717, 1.165) is 0 Å². The smallest absolute Gasteiger partial charge is 0.387 e. The van der Waals surface area contributed by atoms with Gasteiger partial charge in [0.05, 0.1) is 13.2 Å². The van der Waals surface area contributed by atoms with Crippen LogP contribution in [-0.2, 0) is 16.1 Å². The highest BCUT2D eigenvalue weighted by Crippen LogP contribution is 2.27. The summed E-state index contributed by atoms with van der Waals surface area (Å²) in [6.45, 7) is -1.98. The number of nitrogens with zero attached hydrogens (tertiary/aromatic N) is 1. The van der Waals surface area contributed by atoms with Crippen LogP contribution in [0.2, 0.25) is 5.02 Å². The number of rotatable bonds is 5. The topological polar surface area (TPSA) is 59.0 Å². The Kier molecular flexibility index (Phi) is 5.33. The summed E-state index contributed by atoms with van der Waals surface area (Å²) in [7, 11) is 0. The lowest BCUT2D eigenvalue weighted by Gasteiger charge is -2.33. The summed E-state index contributed by atoms with van der Waals surface area (Å²) < 4.78 is 34.4. The summed E-state index contributed by atoms with van der Waals surface area (Å²) >= 11 is 5.87. The molecule has 8 heteroatoms. The quantitative estimate of drug-likeness (QED) is 0.901. The van der Waals surface area contributed by atoms with E-state index in [4.69, 9.17) is 21.4 Å². The van der Waals surface area contributed by atoms with Crippen LogP contribution in [0.1, 0.15) is 5.56 Å². The third kappa shape index (κ3) is 4.26. The molecular weight excluding hydrogens is 308 g/mol. The number of hydrogen-bond donors (Lipinski definition) is 1. The van der Waals surface area contributed by atoms with Crippen LogP contribution in [0.3, 0.4) is 0 Å². The van der Waals surface area contributed by atoms with Gasteiger partial charge in [0.1, 0.15) is 11.8 Å². The number of alkyl halides is 2. The second-order valence-electron chi connectivity index (χ2n) is 4.53. The molecule has 0 saturated carbocycles. The molecule has 5 nitrogen and oxygen atoms in total. The van der Waals surface area contributed by atoms with Crippen LogP contribution in [0, 0.1) is 0 Å². The predicted octanol–water partition coefficient (Wildman–Crippen LogP) is 2.23. The van der Waals surface area contributed by atoms with Gasteiger partial charge in [-0.3, -0.25) is 9.69 Å². The number of halogens is 3. The van der Waals surface area contributed by atoms with Gasteiger partial charge in [-0.25, -0.2) is 0 Å². The molecule has 0 bridgehead atoms. The molecule has 1 aromatic rings. The molecule has 1 aromatic carbocycles. The maximum Gasteiger partial charge on any atom is 0.387 e. The molecule has 1 saturated heterocycles. The second-order valence-corrected chi connectivity index (χ2v) is 4.97. The van der Waals surface area contributed by atoms with Gasteiger partial charge in [0.15, 0.2) is 0 Å². The van der Waals surface area contributed by atoms with E-state index in [1.165, 1.54) is 18.2 Å². The minimum atomic E-state index is -2.95. The van der Waals surface area contributed by atoms with Gasteiger partial charge < -0.3 is 14.6 Å². The lowest BCUT2D eigenvalue weighted by Crippen LogP contribution is -2.49. The van der Waals surface area contributed by atoms with Crippen molar-refractivity contribution >= 4 is 17.6 Å². The Morgan fingerprint density at radius 2 is 2.33 bits per heavy atom. The first-order chi connectivity index (χ1) is 9.97. The van der Waals surface area contributed by atoms with Crippen molar-refractivity contribution in [3.8, 4) is 5.75 Å².